The first-order valence-electron chi connectivity index (χ1n) is 8.93. The van der Waals surface area contributed by atoms with Gasteiger partial charge >= 0.3 is 7.82 Å². The zero-order valence-corrected chi connectivity index (χ0v) is 16.0. The fourth-order valence-electron chi connectivity index (χ4n) is 3.22. The Bertz CT molecular complexity index is 452. The molecule has 5 unspecified atom stereocenters. The van der Waals surface area contributed by atoms with Crippen LogP contribution >= 0.6 is 7.82 Å². The third kappa shape index (κ3) is 4.42. The van der Waals surface area contributed by atoms with Crippen LogP contribution in [0.2, 0.25) is 0 Å². The molecule has 2 aliphatic rings. The van der Waals surface area contributed by atoms with Gasteiger partial charge in [0.15, 0.2) is 0 Å². The molecule has 2 aliphatic heterocycles. The summed E-state index contributed by atoms with van der Waals surface area (Å²) in [7, 11) is -2.29. The zero-order valence-electron chi connectivity index (χ0n) is 15.1. The highest BCUT2D eigenvalue weighted by atomic mass is 31.2. The van der Waals surface area contributed by atoms with E-state index in [0.29, 0.717) is 13.0 Å². The number of fused-ring (bicyclic) bond motifs is 2. The van der Waals surface area contributed by atoms with E-state index in [1.165, 1.54) is 0 Å². The summed E-state index contributed by atoms with van der Waals surface area (Å²) in [5, 5.41) is 0. The summed E-state index contributed by atoms with van der Waals surface area (Å²) in [5.41, 5.74) is -0.871. The van der Waals surface area contributed by atoms with Crippen molar-refractivity contribution in [3.63, 3.8) is 0 Å². The maximum Gasteiger partial charge on any atom is 0.472 e. The quantitative estimate of drug-likeness (QED) is 0.339. The van der Waals surface area contributed by atoms with Gasteiger partial charge in [-0.25, -0.2) is 4.57 Å². The third-order valence-corrected chi connectivity index (χ3v) is 5.67. The van der Waals surface area contributed by atoms with Crippen molar-refractivity contribution in [2.75, 3.05) is 19.8 Å². The van der Waals surface area contributed by atoms with Gasteiger partial charge in [0.05, 0.1) is 25.3 Å². The molecule has 0 aromatic heterocycles. The van der Waals surface area contributed by atoms with Gasteiger partial charge in [-0.3, -0.25) is 9.05 Å². The summed E-state index contributed by atoms with van der Waals surface area (Å²) >= 11 is 0. The summed E-state index contributed by atoms with van der Waals surface area (Å²) in [6.07, 6.45) is 2.21. The fraction of sp³-hybridized carbons (Fsp3) is 1.00. The number of hydrogen-bond acceptors (Lipinski definition) is 6. The molecule has 7 nitrogen and oxygen atoms in total. The molecule has 0 aliphatic carbocycles. The van der Waals surface area contributed by atoms with Crippen LogP contribution in [0.25, 0.3) is 0 Å². The van der Waals surface area contributed by atoms with E-state index >= 15 is 0 Å². The largest absolute Gasteiger partial charge is 0.472 e. The molecule has 0 radical (unpaired) electrons. The van der Waals surface area contributed by atoms with Crippen molar-refractivity contribution < 1.29 is 32.7 Å². The fourth-order valence-corrected chi connectivity index (χ4v) is 4.23. The summed E-state index contributed by atoms with van der Waals surface area (Å²) in [6, 6.07) is -0.225. The zero-order chi connectivity index (χ0) is 17.8. The normalized spacial score (nSPS) is 37.7. The maximum atomic E-state index is 12.3. The van der Waals surface area contributed by atoms with Gasteiger partial charge in [-0.2, -0.15) is 0 Å². The first-order chi connectivity index (χ1) is 11.4. The lowest BCUT2D eigenvalue weighted by molar-refractivity contribution is -0.180. The molecule has 9 heteroatoms. The van der Waals surface area contributed by atoms with E-state index < -0.39 is 25.6 Å². The second-order valence-electron chi connectivity index (χ2n) is 6.61. The molecule has 1 N–H and O–H groups in total. The van der Waals surface area contributed by atoms with E-state index in [4.69, 9.17) is 23.3 Å². The van der Waals surface area contributed by atoms with Crippen LogP contribution < -0.4 is 0 Å². The average Bonchev–Trinajstić information content (AvgIpc) is 2.91. The number of rotatable bonds is 11. The van der Waals surface area contributed by atoms with Crippen molar-refractivity contribution in [1.29, 1.82) is 0 Å². The summed E-state index contributed by atoms with van der Waals surface area (Å²) in [6.45, 7) is 7.03. The molecule has 0 spiro atoms. The summed E-state index contributed by atoms with van der Waals surface area (Å²) in [5.74, 6) is 0. The Balaban J connectivity index is 2.04. The monoisotopic (exact) mass is 364 g/mol. The van der Waals surface area contributed by atoms with Gasteiger partial charge in [0.25, 0.3) is 0 Å². The van der Waals surface area contributed by atoms with Crippen molar-refractivity contribution in [3.05, 3.63) is 0 Å². The van der Waals surface area contributed by atoms with Crippen LogP contribution in [0.3, 0.4) is 0 Å². The highest BCUT2D eigenvalue weighted by molar-refractivity contribution is 7.47. The second kappa shape index (κ2) is 8.63. The minimum atomic E-state index is -4.16. The smallest absolute Gasteiger partial charge is 0.378 e. The highest BCUT2D eigenvalue weighted by Gasteiger charge is 2.66. The molecule has 2 fully saturated rings. The van der Waals surface area contributed by atoms with Gasteiger partial charge < -0.3 is 19.1 Å². The van der Waals surface area contributed by atoms with E-state index in [2.05, 4.69) is 6.92 Å². The molecular weight excluding hydrogens is 334 g/mol. The first-order valence-corrected chi connectivity index (χ1v) is 10.4. The molecule has 0 amide bonds. The number of unbranched alkanes of at least 4 members (excludes halogenated alkanes) is 2. The predicted octanol–water partition coefficient (Wildman–Crippen LogP) is 1.62. The van der Waals surface area contributed by atoms with Crippen LogP contribution in [-0.2, 0) is 27.8 Å². The van der Waals surface area contributed by atoms with Crippen LogP contribution in [0.15, 0.2) is 0 Å². The third-order valence-electron chi connectivity index (χ3n) is 4.67. The minimum Gasteiger partial charge on any atom is -0.378 e. The molecule has 140 valence electrons. The number of hydrogen-bond donors (Lipinski definition) is 1. The van der Waals surface area contributed by atoms with E-state index in [9.17, 15) is 9.46 Å². The van der Waals surface area contributed by atoms with E-state index in [-0.39, 0.29) is 25.3 Å². The molecular formula is C15H30BO7P. The molecule has 0 saturated carbocycles. The van der Waals surface area contributed by atoms with E-state index in [1.54, 1.807) is 0 Å². The van der Waals surface area contributed by atoms with E-state index in [1.807, 2.05) is 21.7 Å². The molecule has 0 aromatic carbocycles. The Labute approximate surface area is 145 Å². The Morgan fingerprint density at radius 3 is 2.58 bits per heavy atom. The molecule has 2 heterocycles. The molecule has 6 atom stereocenters. The Kier molecular flexibility index (Phi) is 7.32. The second-order valence-corrected chi connectivity index (χ2v) is 8.01. The summed E-state index contributed by atoms with van der Waals surface area (Å²) in [4.78, 5) is 10.0. The van der Waals surface area contributed by atoms with Crippen LogP contribution in [-0.4, -0.2) is 62.5 Å². The number of phosphoric acid groups is 1. The van der Waals surface area contributed by atoms with Crippen molar-refractivity contribution >= 4 is 15.7 Å². The van der Waals surface area contributed by atoms with Gasteiger partial charge in [0, 0.05) is 6.61 Å². The van der Waals surface area contributed by atoms with Gasteiger partial charge in [-0.15, -0.1) is 0 Å². The predicted molar refractivity (Wildman–Crippen MR) is 91.8 cm³/mol. The first kappa shape index (κ1) is 20.4. The topological polar surface area (TPSA) is 83.5 Å². The summed E-state index contributed by atoms with van der Waals surface area (Å²) < 4.78 is 40.5. The molecule has 24 heavy (non-hydrogen) atoms. The van der Waals surface area contributed by atoms with Crippen molar-refractivity contribution in [2.24, 2.45) is 0 Å². The van der Waals surface area contributed by atoms with Gasteiger partial charge in [-0.05, 0) is 19.8 Å². The van der Waals surface area contributed by atoms with Gasteiger partial charge in [-0.1, -0.05) is 26.7 Å². The van der Waals surface area contributed by atoms with E-state index in [0.717, 1.165) is 19.3 Å². The van der Waals surface area contributed by atoms with Gasteiger partial charge in [0.1, 0.15) is 25.7 Å². The average molecular weight is 364 g/mol. The number of ether oxygens (including phenoxy) is 3. The highest BCUT2D eigenvalue weighted by Crippen LogP contribution is 2.54. The van der Waals surface area contributed by atoms with Gasteiger partial charge in [0.2, 0.25) is 0 Å². The van der Waals surface area contributed by atoms with Crippen LogP contribution in [0.4, 0.5) is 0 Å². The maximum absolute atomic E-state index is 12.3. The molecule has 2 saturated heterocycles. The molecule has 2 rings (SSSR count). The van der Waals surface area contributed by atoms with Crippen LogP contribution in [0.5, 0.6) is 0 Å². The lowest BCUT2D eigenvalue weighted by Crippen LogP contribution is -2.51. The molecule has 2 bridgehead atoms. The van der Waals surface area contributed by atoms with Crippen molar-refractivity contribution in [1.82, 2.24) is 0 Å². The Hall–Kier alpha value is 0.0549. The Morgan fingerprint density at radius 2 is 1.92 bits per heavy atom. The van der Waals surface area contributed by atoms with Crippen molar-refractivity contribution in [3.8, 4) is 0 Å². The molecule has 0 aromatic rings. The lowest BCUT2D eigenvalue weighted by atomic mass is 9.90. The van der Waals surface area contributed by atoms with Crippen molar-refractivity contribution in [2.45, 2.75) is 76.4 Å². The lowest BCUT2D eigenvalue weighted by Gasteiger charge is -2.35. The number of phosphoric ester groups is 1. The van der Waals surface area contributed by atoms with Crippen LogP contribution in [0, 0.1) is 0 Å². The van der Waals surface area contributed by atoms with Crippen LogP contribution in [0.1, 0.15) is 46.5 Å². The minimum absolute atomic E-state index is 0.189. The standard InChI is InChI=1S/C15H30BO7P/c1-4-6-8-19-10-15-11(3)21-12(14(16)22-15)13(15)23-24(17,18)20-9-7-5-2/h11-14H,4-10,16H2,1-3H3,(H,17,18)/t11?,12?,13?,14?,15-/m0/s1. The SMILES string of the molecule is BC1O[C@@]2(COCCCC)C(C)OC1C2OP(=O)(O)OCCCC. The Morgan fingerprint density at radius 1 is 1.25 bits per heavy atom.